The van der Waals surface area contributed by atoms with Gasteiger partial charge >= 0.3 is 0 Å². The summed E-state index contributed by atoms with van der Waals surface area (Å²) >= 11 is 1.70. The Hall–Kier alpha value is -2.28. The van der Waals surface area contributed by atoms with E-state index in [9.17, 15) is 0 Å². The van der Waals surface area contributed by atoms with E-state index in [1.54, 1.807) is 11.3 Å². The Bertz CT molecular complexity index is 742. The van der Waals surface area contributed by atoms with Crippen LogP contribution in [0.5, 0.6) is 11.5 Å². The summed E-state index contributed by atoms with van der Waals surface area (Å²) in [6.07, 6.45) is 4.55. The molecule has 114 valence electrons. The zero-order chi connectivity index (χ0) is 15.1. The maximum absolute atomic E-state index is 5.63. The van der Waals surface area contributed by atoms with Crippen molar-refractivity contribution in [3.63, 3.8) is 0 Å². The summed E-state index contributed by atoms with van der Waals surface area (Å²) in [6, 6.07) is 3.66. The summed E-state index contributed by atoms with van der Waals surface area (Å²) in [5.74, 6) is 1.40. The number of nitrogens with two attached hydrogens (primary N) is 2. The molecule has 22 heavy (non-hydrogen) atoms. The van der Waals surface area contributed by atoms with E-state index in [1.165, 1.54) is 23.4 Å². The van der Waals surface area contributed by atoms with Crippen molar-refractivity contribution < 1.29 is 9.47 Å². The van der Waals surface area contributed by atoms with Crippen LogP contribution in [0, 0.1) is 0 Å². The van der Waals surface area contributed by atoms with Crippen molar-refractivity contribution in [1.29, 1.82) is 0 Å². The average Bonchev–Trinajstić information content (AvgIpc) is 3.12. The van der Waals surface area contributed by atoms with Gasteiger partial charge in [-0.1, -0.05) is 0 Å². The molecule has 0 radical (unpaired) electrons. The smallest absolute Gasteiger partial charge is 0.231 e. The minimum Gasteiger partial charge on any atom is -0.454 e. The second-order valence-electron chi connectivity index (χ2n) is 5.33. The van der Waals surface area contributed by atoms with E-state index in [0.29, 0.717) is 17.2 Å². The number of aromatic nitrogens is 1. The van der Waals surface area contributed by atoms with Gasteiger partial charge in [-0.05, 0) is 37.8 Å². The zero-order valence-electron chi connectivity index (χ0n) is 12.0. The van der Waals surface area contributed by atoms with E-state index >= 15 is 0 Å². The number of thiazole rings is 1. The van der Waals surface area contributed by atoms with Crippen LogP contribution in [-0.2, 0) is 12.8 Å². The minimum atomic E-state index is 0.0152. The molecule has 1 aliphatic heterocycles. The SMILES string of the molecule is NC(N)=Nc1ccc2c(c1-c1nc3c(s1)CCCC3)OCO2. The molecule has 0 saturated heterocycles. The summed E-state index contributed by atoms with van der Waals surface area (Å²) in [7, 11) is 0. The first-order valence-electron chi connectivity index (χ1n) is 7.23. The van der Waals surface area contributed by atoms with Gasteiger partial charge in [0, 0.05) is 4.88 Å². The molecule has 0 bridgehead atoms. The molecule has 4 N–H and O–H groups in total. The lowest BCUT2D eigenvalue weighted by Gasteiger charge is -2.07. The zero-order valence-corrected chi connectivity index (χ0v) is 12.8. The Labute approximate surface area is 131 Å². The number of ether oxygens (including phenoxy) is 2. The van der Waals surface area contributed by atoms with Gasteiger partial charge in [0.2, 0.25) is 6.79 Å². The number of nitrogens with zero attached hydrogens (tertiary/aromatic N) is 2. The summed E-state index contributed by atoms with van der Waals surface area (Å²) in [5.41, 5.74) is 13.8. The lowest BCUT2D eigenvalue weighted by molar-refractivity contribution is 0.174. The Morgan fingerprint density at radius 2 is 2.05 bits per heavy atom. The number of hydrogen-bond donors (Lipinski definition) is 2. The number of aliphatic imine (C=N–C) groups is 1. The van der Waals surface area contributed by atoms with Crippen LogP contribution >= 0.6 is 11.3 Å². The first-order chi connectivity index (χ1) is 10.7. The van der Waals surface area contributed by atoms with Crippen molar-refractivity contribution in [2.75, 3.05) is 6.79 Å². The molecule has 0 spiro atoms. The standard InChI is InChI=1S/C15H16N4O2S/c16-15(17)19-9-5-6-10-13(21-7-20-10)12(9)14-18-8-3-1-2-4-11(8)22-14/h5-6H,1-4,7H2,(H4,16,17,19). The molecule has 1 aromatic carbocycles. The second-order valence-corrected chi connectivity index (χ2v) is 6.41. The van der Waals surface area contributed by atoms with Crippen molar-refractivity contribution >= 4 is 23.0 Å². The quantitative estimate of drug-likeness (QED) is 0.655. The van der Waals surface area contributed by atoms with Gasteiger partial charge in [0.15, 0.2) is 17.5 Å². The Kier molecular flexibility index (Phi) is 3.15. The average molecular weight is 316 g/mol. The fraction of sp³-hybridized carbons (Fsp3) is 0.333. The van der Waals surface area contributed by atoms with Crippen LogP contribution in [0.4, 0.5) is 5.69 Å². The Morgan fingerprint density at radius 1 is 1.18 bits per heavy atom. The molecule has 1 aliphatic carbocycles. The first kappa shape index (κ1) is 13.4. The Balaban J connectivity index is 1.91. The molecule has 0 saturated carbocycles. The van der Waals surface area contributed by atoms with Crippen LogP contribution in [0.3, 0.4) is 0 Å². The summed E-state index contributed by atoms with van der Waals surface area (Å²) < 4.78 is 11.1. The van der Waals surface area contributed by atoms with E-state index in [-0.39, 0.29) is 12.8 Å². The number of rotatable bonds is 2. The van der Waals surface area contributed by atoms with Gasteiger partial charge in [-0.3, -0.25) is 0 Å². The third-order valence-electron chi connectivity index (χ3n) is 3.83. The van der Waals surface area contributed by atoms with Crippen LogP contribution in [0.15, 0.2) is 17.1 Å². The first-order valence-corrected chi connectivity index (χ1v) is 8.05. The van der Waals surface area contributed by atoms with E-state index in [4.69, 9.17) is 25.9 Å². The van der Waals surface area contributed by atoms with Crippen molar-refractivity contribution in [3.8, 4) is 22.1 Å². The molecule has 2 heterocycles. The molecule has 6 nitrogen and oxygen atoms in total. The molecule has 1 aromatic heterocycles. The molecule has 0 unspecified atom stereocenters. The maximum atomic E-state index is 5.63. The van der Waals surface area contributed by atoms with Crippen LogP contribution < -0.4 is 20.9 Å². The molecule has 7 heteroatoms. The predicted octanol–water partition coefficient (Wildman–Crippen LogP) is 2.32. The normalized spacial score (nSPS) is 15.5. The van der Waals surface area contributed by atoms with Gasteiger partial charge in [-0.2, -0.15) is 0 Å². The maximum Gasteiger partial charge on any atom is 0.231 e. The minimum absolute atomic E-state index is 0.0152. The third kappa shape index (κ3) is 2.18. The van der Waals surface area contributed by atoms with Gasteiger partial charge in [0.1, 0.15) is 5.01 Å². The largest absolute Gasteiger partial charge is 0.454 e. The van der Waals surface area contributed by atoms with Crippen LogP contribution in [0.1, 0.15) is 23.4 Å². The van der Waals surface area contributed by atoms with Gasteiger partial charge in [0.05, 0.1) is 16.9 Å². The summed E-state index contributed by atoms with van der Waals surface area (Å²) in [4.78, 5) is 10.4. The molecule has 0 fully saturated rings. The highest BCUT2D eigenvalue weighted by Crippen LogP contribution is 2.48. The van der Waals surface area contributed by atoms with E-state index < -0.39 is 0 Å². The molecule has 2 aliphatic rings. The molecule has 4 rings (SSSR count). The van der Waals surface area contributed by atoms with Crippen molar-refractivity contribution in [1.82, 2.24) is 4.98 Å². The highest BCUT2D eigenvalue weighted by Gasteiger charge is 2.26. The van der Waals surface area contributed by atoms with E-state index in [2.05, 4.69) is 4.99 Å². The lowest BCUT2D eigenvalue weighted by atomic mass is 10.0. The van der Waals surface area contributed by atoms with Crippen LogP contribution in [0.25, 0.3) is 10.6 Å². The van der Waals surface area contributed by atoms with Gasteiger partial charge in [0.25, 0.3) is 0 Å². The van der Waals surface area contributed by atoms with Gasteiger partial charge < -0.3 is 20.9 Å². The number of guanidine groups is 1. The Morgan fingerprint density at radius 3 is 2.86 bits per heavy atom. The van der Waals surface area contributed by atoms with Gasteiger partial charge in [-0.25, -0.2) is 9.98 Å². The fourth-order valence-corrected chi connectivity index (χ4v) is 4.06. The summed E-state index contributed by atoms with van der Waals surface area (Å²) in [6.45, 7) is 0.207. The van der Waals surface area contributed by atoms with Gasteiger partial charge in [-0.15, -0.1) is 11.3 Å². The molecule has 2 aromatic rings. The van der Waals surface area contributed by atoms with E-state index in [1.807, 2.05) is 12.1 Å². The van der Waals surface area contributed by atoms with E-state index in [0.717, 1.165) is 23.4 Å². The monoisotopic (exact) mass is 316 g/mol. The molecular formula is C15H16N4O2S. The topological polar surface area (TPSA) is 95.8 Å². The van der Waals surface area contributed by atoms with Crippen LogP contribution in [0.2, 0.25) is 0 Å². The summed E-state index contributed by atoms with van der Waals surface area (Å²) in [5, 5.41) is 0.897. The second kappa shape index (κ2) is 5.17. The lowest BCUT2D eigenvalue weighted by Crippen LogP contribution is -2.21. The predicted molar refractivity (Wildman–Crippen MR) is 85.8 cm³/mol. The van der Waals surface area contributed by atoms with Crippen molar-refractivity contribution in [2.45, 2.75) is 25.7 Å². The number of fused-ring (bicyclic) bond motifs is 2. The number of aryl methyl sites for hydroxylation is 2. The number of hydrogen-bond acceptors (Lipinski definition) is 5. The molecule has 0 amide bonds. The van der Waals surface area contributed by atoms with Crippen molar-refractivity contribution in [2.24, 2.45) is 16.5 Å². The van der Waals surface area contributed by atoms with Crippen molar-refractivity contribution in [3.05, 3.63) is 22.7 Å². The fourth-order valence-electron chi connectivity index (χ4n) is 2.86. The highest BCUT2D eigenvalue weighted by atomic mass is 32.1. The highest BCUT2D eigenvalue weighted by molar-refractivity contribution is 7.15. The molecular weight excluding hydrogens is 300 g/mol. The van der Waals surface area contributed by atoms with Crippen LogP contribution in [-0.4, -0.2) is 17.7 Å². The molecule has 0 atom stereocenters. The third-order valence-corrected chi connectivity index (χ3v) is 5.00. The number of benzene rings is 1.